The second kappa shape index (κ2) is 4.35. The minimum Gasteiger partial charge on any atom is -0.270 e. The third kappa shape index (κ3) is 2.16. The molecule has 0 radical (unpaired) electrons. The van der Waals surface area contributed by atoms with Gasteiger partial charge in [0.2, 0.25) is 5.69 Å². The summed E-state index contributed by atoms with van der Waals surface area (Å²) in [4.78, 5) is 24.7. The minimum atomic E-state index is -0.788. The van der Waals surface area contributed by atoms with Crippen molar-refractivity contribution in [2.24, 2.45) is 0 Å². The van der Waals surface area contributed by atoms with E-state index in [0.29, 0.717) is 5.69 Å². The van der Waals surface area contributed by atoms with Gasteiger partial charge in [-0.25, -0.2) is 4.79 Å². The second-order valence-electron chi connectivity index (χ2n) is 3.11. The summed E-state index contributed by atoms with van der Waals surface area (Å²) in [5.74, 6) is 0. The Balaban J connectivity index is 2.73. The number of aromatic amines is 1. The molecular weight excluding hydrogens is 288 g/mol. The Morgan fingerprint density at radius 2 is 2.18 bits per heavy atom. The Labute approximate surface area is 103 Å². The van der Waals surface area contributed by atoms with Crippen LogP contribution in [-0.4, -0.2) is 14.8 Å². The largest absolute Gasteiger partial charge is 0.349 e. The maximum absolute atomic E-state index is 11.5. The molecule has 0 amide bonds. The summed E-state index contributed by atoms with van der Waals surface area (Å²) < 4.78 is 1.72. The number of hydrogen-bond donors (Lipinski definition) is 1. The molecule has 0 atom stereocenters. The van der Waals surface area contributed by atoms with E-state index in [0.717, 1.165) is 9.15 Å². The second-order valence-corrected chi connectivity index (χ2v) is 4.03. The first-order chi connectivity index (χ1) is 8.11. The number of nitriles is 1. The number of nitrogens with one attached hydrogen (secondary N) is 1. The normalized spacial score (nSPS) is 9.88. The van der Waals surface area contributed by atoms with Crippen LogP contribution in [-0.2, 0) is 0 Å². The maximum Gasteiger partial charge on any atom is 0.349 e. The number of H-pyrrole nitrogens is 1. The van der Waals surface area contributed by atoms with Crippen LogP contribution in [0, 0.1) is 11.3 Å². The van der Waals surface area contributed by atoms with Crippen molar-refractivity contribution < 1.29 is 0 Å². The smallest absolute Gasteiger partial charge is 0.270 e. The molecule has 0 aliphatic heterocycles. The van der Waals surface area contributed by atoms with E-state index < -0.39 is 11.2 Å². The fourth-order valence-corrected chi connectivity index (χ4v) is 1.64. The van der Waals surface area contributed by atoms with E-state index in [2.05, 4.69) is 21.0 Å². The fraction of sp³-hybridized carbons (Fsp3) is 0. The lowest BCUT2D eigenvalue weighted by Gasteiger charge is -2.03. The van der Waals surface area contributed by atoms with Gasteiger partial charge in [-0.1, -0.05) is 22.0 Å². The van der Waals surface area contributed by atoms with Gasteiger partial charge in [0.05, 0.1) is 5.69 Å². The van der Waals surface area contributed by atoms with Crippen molar-refractivity contribution in [3.63, 3.8) is 0 Å². The average molecular weight is 293 g/mol. The van der Waals surface area contributed by atoms with Gasteiger partial charge in [-0.2, -0.15) is 9.94 Å². The van der Waals surface area contributed by atoms with E-state index in [4.69, 9.17) is 5.26 Å². The predicted octanol–water partition coefficient (Wildman–Crippen LogP) is 0.555. The van der Waals surface area contributed by atoms with Gasteiger partial charge in [0.15, 0.2) is 0 Å². The number of nitrogens with zero attached hydrogens (tertiary/aromatic N) is 3. The average Bonchev–Trinajstić information content (AvgIpc) is 2.29. The Bertz CT molecular complexity index is 726. The highest BCUT2D eigenvalue weighted by molar-refractivity contribution is 9.10. The summed E-state index contributed by atoms with van der Waals surface area (Å²) in [5, 5.41) is 12.4. The number of benzene rings is 1. The SMILES string of the molecule is N#Cc1nn(-c2cccc(Br)c2)c(=O)[nH]c1=O. The summed E-state index contributed by atoms with van der Waals surface area (Å²) in [6, 6.07) is 8.40. The van der Waals surface area contributed by atoms with E-state index in [-0.39, 0.29) is 5.69 Å². The summed E-state index contributed by atoms with van der Waals surface area (Å²) >= 11 is 3.25. The van der Waals surface area contributed by atoms with Crippen LogP contribution in [0.25, 0.3) is 5.69 Å². The summed E-state index contributed by atoms with van der Waals surface area (Å²) in [6.45, 7) is 0. The lowest BCUT2D eigenvalue weighted by atomic mass is 10.3. The monoisotopic (exact) mass is 292 g/mol. The molecular formula is C10H5BrN4O2. The molecule has 1 aromatic carbocycles. The fourth-order valence-electron chi connectivity index (χ4n) is 1.26. The Morgan fingerprint density at radius 1 is 1.41 bits per heavy atom. The summed E-state index contributed by atoms with van der Waals surface area (Å²) in [7, 11) is 0. The zero-order valence-corrected chi connectivity index (χ0v) is 9.93. The molecule has 1 N–H and O–H groups in total. The van der Waals surface area contributed by atoms with Crippen LogP contribution < -0.4 is 11.2 Å². The molecule has 84 valence electrons. The van der Waals surface area contributed by atoms with Crippen LogP contribution >= 0.6 is 15.9 Å². The van der Waals surface area contributed by atoms with Crippen molar-refractivity contribution in [1.82, 2.24) is 14.8 Å². The molecule has 0 bridgehead atoms. The molecule has 0 fully saturated rings. The molecule has 2 aromatic rings. The number of hydrogen-bond acceptors (Lipinski definition) is 4. The summed E-state index contributed by atoms with van der Waals surface area (Å²) in [5.41, 5.74) is -1.38. The van der Waals surface area contributed by atoms with Gasteiger partial charge < -0.3 is 0 Å². The first-order valence-electron chi connectivity index (χ1n) is 4.51. The van der Waals surface area contributed by atoms with Gasteiger partial charge in [-0.05, 0) is 18.2 Å². The van der Waals surface area contributed by atoms with Crippen LogP contribution in [0.3, 0.4) is 0 Å². The minimum absolute atomic E-state index is 0.357. The first kappa shape index (κ1) is 11.3. The Kier molecular flexibility index (Phi) is 2.89. The molecule has 1 heterocycles. The van der Waals surface area contributed by atoms with Crippen molar-refractivity contribution in [2.75, 3.05) is 0 Å². The third-order valence-corrected chi connectivity index (χ3v) is 2.48. The number of rotatable bonds is 1. The summed E-state index contributed by atoms with van der Waals surface area (Å²) in [6.07, 6.45) is 0. The van der Waals surface area contributed by atoms with Crippen molar-refractivity contribution in [1.29, 1.82) is 5.26 Å². The standard InChI is InChI=1S/C10H5BrN4O2/c11-6-2-1-3-7(4-6)15-10(17)13-9(16)8(5-12)14-15/h1-4H,(H,13,16,17). The molecule has 2 rings (SSSR count). The van der Waals surface area contributed by atoms with Crippen molar-refractivity contribution in [3.8, 4) is 11.8 Å². The molecule has 6 nitrogen and oxygen atoms in total. The zero-order chi connectivity index (χ0) is 12.4. The van der Waals surface area contributed by atoms with Crippen LogP contribution in [0.5, 0.6) is 0 Å². The highest BCUT2D eigenvalue weighted by Gasteiger charge is 2.07. The molecule has 1 aromatic heterocycles. The van der Waals surface area contributed by atoms with Gasteiger partial charge >= 0.3 is 5.69 Å². The highest BCUT2D eigenvalue weighted by atomic mass is 79.9. The van der Waals surface area contributed by atoms with Gasteiger partial charge in [-0.15, -0.1) is 5.10 Å². The highest BCUT2D eigenvalue weighted by Crippen LogP contribution is 2.12. The molecule has 0 saturated heterocycles. The van der Waals surface area contributed by atoms with Gasteiger partial charge in [-0.3, -0.25) is 9.78 Å². The molecule has 0 spiro atoms. The molecule has 0 aliphatic carbocycles. The van der Waals surface area contributed by atoms with E-state index in [1.54, 1.807) is 30.3 Å². The van der Waals surface area contributed by atoms with Gasteiger partial charge in [0.1, 0.15) is 6.07 Å². The van der Waals surface area contributed by atoms with Crippen molar-refractivity contribution in [2.45, 2.75) is 0 Å². The third-order valence-electron chi connectivity index (χ3n) is 1.99. The lowest BCUT2D eigenvalue weighted by Crippen LogP contribution is -2.33. The Morgan fingerprint density at radius 3 is 2.82 bits per heavy atom. The molecule has 0 unspecified atom stereocenters. The van der Waals surface area contributed by atoms with Crippen LogP contribution in [0.15, 0.2) is 38.3 Å². The molecule has 17 heavy (non-hydrogen) atoms. The molecule has 7 heteroatoms. The van der Waals surface area contributed by atoms with E-state index in [1.807, 2.05) is 4.98 Å². The molecule has 0 saturated carbocycles. The van der Waals surface area contributed by atoms with E-state index in [1.165, 1.54) is 0 Å². The maximum atomic E-state index is 11.5. The van der Waals surface area contributed by atoms with Gasteiger partial charge in [0.25, 0.3) is 5.56 Å². The van der Waals surface area contributed by atoms with Crippen molar-refractivity contribution in [3.05, 3.63) is 55.3 Å². The van der Waals surface area contributed by atoms with E-state index >= 15 is 0 Å². The number of aromatic nitrogens is 3. The quantitative estimate of drug-likeness (QED) is 0.831. The van der Waals surface area contributed by atoms with Crippen molar-refractivity contribution >= 4 is 15.9 Å². The lowest BCUT2D eigenvalue weighted by molar-refractivity contribution is 0.740. The van der Waals surface area contributed by atoms with Crippen LogP contribution in [0.2, 0.25) is 0 Å². The van der Waals surface area contributed by atoms with Crippen LogP contribution in [0.4, 0.5) is 0 Å². The predicted molar refractivity (Wildman–Crippen MR) is 62.9 cm³/mol. The first-order valence-corrected chi connectivity index (χ1v) is 5.31. The topological polar surface area (TPSA) is 91.5 Å². The van der Waals surface area contributed by atoms with Crippen LogP contribution in [0.1, 0.15) is 5.69 Å². The van der Waals surface area contributed by atoms with E-state index in [9.17, 15) is 9.59 Å². The number of halogens is 1. The zero-order valence-electron chi connectivity index (χ0n) is 8.35. The van der Waals surface area contributed by atoms with Gasteiger partial charge in [0, 0.05) is 4.47 Å². The molecule has 0 aliphatic rings. The Hall–Kier alpha value is -2.20.